The molecule has 0 spiro atoms. The van der Waals surface area contributed by atoms with Crippen molar-refractivity contribution in [1.82, 2.24) is 9.78 Å². The molecule has 16 heavy (non-hydrogen) atoms. The smallest absolute Gasteiger partial charge is 0.150 e. The first-order chi connectivity index (χ1) is 7.67. The summed E-state index contributed by atoms with van der Waals surface area (Å²) in [7, 11) is 1.87. The van der Waals surface area contributed by atoms with Gasteiger partial charge in [-0.2, -0.15) is 5.10 Å². The minimum absolute atomic E-state index is 0.571. The van der Waals surface area contributed by atoms with Crippen LogP contribution in [0, 0.1) is 6.92 Å². The van der Waals surface area contributed by atoms with Crippen LogP contribution in [0.2, 0.25) is 0 Å². The maximum atomic E-state index is 10.8. The van der Waals surface area contributed by atoms with Crippen LogP contribution in [0.4, 0.5) is 0 Å². The predicted octanol–water partition coefficient (Wildman–Crippen LogP) is 2.09. The second-order valence-corrected chi connectivity index (χ2v) is 3.68. The monoisotopic (exact) mass is 218 g/mol. The van der Waals surface area contributed by atoms with Crippen LogP contribution in [0.25, 0.3) is 10.9 Å². The van der Waals surface area contributed by atoms with E-state index >= 15 is 0 Å². The number of hydrogen-bond donors (Lipinski definition) is 0. The van der Waals surface area contributed by atoms with Gasteiger partial charge in [0.15, 0.2) is 0 Å². The number of aromatic nitrogens is 2. The van der Waals surface area contributed by atoms with Gasteiger partial charge in [0.2, 0.25) is 0 Å². The van der Waals surface area contributed by atoms with Gasteiger partial charge >= 0.3 is 0 Å². The van der Waals surface area contributed by atoms with E-state index in [1.54, 1.807) is 10.7 Å². The molecule has 0 atom stereocenters. The maximum absolute atomic E-state index is 10.8. The van der Waals surface area contributed by atoms with Crippen molar-refractivity contribution >= 4 is 17.2 Å². The van der Waals surface area contributed by atoms with E-state index in [-0.39, 0.29) is 0 Å². The Morgan fingerprint density at radius 2 is 2.25 bits per heavy atom. The van der Waals surface area contributed by atoms with Gasteiger partial charge in [0, 0.05) is 18.0 Å². The summed E-state index contributed by atoms with van der Waals surface area (Å²) < 4.78 is 7.32. The predicted molar refractivity (Wildman–Crippen MR) is 62.0 cm³/mol. The van der Waals surface area contributed by atoms with Crippen LogP contribution in [0.1, 0.15) is 23.0 Å². The molecule has 0 bridgehead atoms. The lowest BCUT2D eigenvalue weighted by molar-refractivity contribution is 0.112. The summed E-state index contributed by atoms with van der Waals surface area (Å²) >= 11 is 0. The number of rotatable bonds is 3. The largest absolute Gasteiger partial charge is 0.492 e. The van der Waals surface area contributed by atoms with E-state index in [2.05, 4.69) is 5.10 Å². The maximum Gasteiger partial charge on any atom is 0.150 e. The third-order valence-corrected chi connectivity index (χ3v) is 2.55. The zero-order chi connectivity index (χ0) is 11.7. The van der Waals surface area contributed by atoms with Crippen molar-refractivity contribution in [3.8, 4) is 5.75 Å². The third kappa shape index (κ3) is 1.56. The summed E-state index contributed by atoms with van der Waals surface area (Å²) in [5, 5.41) is 5.30. The number of benzene rings is 1. The van der Waals surface area contributed by atoms with E-state index in [0.29, 0.717) is 17.9 Å². The van der Waals surface area contributed by atoms with Gasteiger partial charge in [0.25, 0.3) is 0 Å². The van der Waals surface area contributed by atoms with Gasteiger partial charge in [0.05, 0.1) is 12.3 Å². The standard InChI is InChI=1S/C12H14N2O2/c1-4-16-11-6-9(7-15)5-10-8(2)13-14(3)12(10)11/h5-7H,4H2,1-3H3. The quantitative estimate of drug-likeness (QED) is 0.741. The first kappa shape index (κ1) is 10.7. The lowest BCUT2D eigenvalue weighted by Crippen LogP contribution is -1.97. The molecule has 1 aromatic carbocycles. The Hall–Kier alpha value is -1.84. The molecule has 0 fully saturated rings. The highest BCUT2D eigenvalue weighted by Gasteiger charge is 2.12. The third-order valence-electron chi connectivity index (χ3n) is 2.55. The van der Waals surface area contributed by atoms with Crippen LogP contribution in [0.5, 0.6) is 5.75 Å². The molecule has 2 aromatic rings. The highest BCUT2D eigenvalue weighted by Crippen LogP contribution is 2.28. The minimum atomic E-state index is 0.571. The number of hydrogen-bond acceptors (Lipinski definition) is 3. The zero-order valence-electron chi connectivity index (χ0n) is 9.65. The number of nitrogens with zero attached hydrogens (tertiary/aromatic N) is 2. The molecular formula is C12H14N2O2. The van der Waals surface area contributed by atoms with E-state index in [0.717, 1.165) is 22.9 Å². The van der Waals surface area contributed by atoms with Crippen LogP contribution in [0.3, 0.4) is 0 Å². The van der Waals surface area contributed by atoms with Crippen LogP contribution < -0.4 is 4.74 Å². The van der Waals surface area contributed by atoms with Crippen molar-refractivity contribution in [1.29, 1.82) is 0 Å². The van der Waals surface area contributed by atoms with Gasteiger partial charge < -0.3 is 4.74 Å². The normalized spacial score (nSPS) is 10.7. The lowest BCUT2D eigenvalue weighted by Gasteiger charge is -2.06. The van der Waals surface area contributed by atoms with Crippen molar-refractivity contribution in [3.05, 3.63) is 23.4 Å². The highest BCUT2D eigenvalue weighted by atomic mass is 16.5. The summed E-state index contributed by atoms with van der Waals surface area (Å²) in [4.78, 5) is 10.8. The van der Waals surface area contributed by atoms with Crippen LogP contribution in [0.15, 0.2) is 12.1 Å². The summed E-state index contributed by atoms with van der Waals surface area (Å²) in [6.45, 7) is 4.41. The second-order valence-electron chi connectivity index (χ2n) is 3.68. The number of carbonyl (C=O) groups excluding carboxylic acids is 1. The van der Waals surface area contributed by atoms with Crippen LogP contribution in [-0.2, 0) is 7.05 Å². The fourth-order valence-electron chi connectivity index (χ4n) is 1.90. The molecule has 0 unspecified atom stereocenters. The summed E-state index contributed by atoms with van der Waals surface area (Å²) in [5.41, 5.74) is 2.46. The average molecular weight is 218 g/mol. The van der Waals surface area contributed by atoms with Gasteiger partial charge in [-0.05, 0) is 26.0 Å². The van der Waals surface area contributed by atoms with Gasteiger partial charge in [-0.15, -0.1) is 0 Å². The number of ether oxygens (including phenoxy) is 1. The molecule has 0 saturated carbocycles. The Labute approximate surface area is 93.8 Å². The molecule has 4 nitrogen and oxygen atoms in total. The van der Waals surface area contributed by atoms with Crippen LogP contribution in [-0.4, -0.2) is 22.7 Å². The number of aryl methyl sites for hydroxylation is 2. The Bertz CT molecular complexity index is 543. The minimum Gasteiger partial charge on any atom is -0.492 e. The van der Waals surface area contributed by atoms with Crippen LogP contribution >= 0.6 is 0 Å². The average Bonchev–Trinajstić information content (AvgIpc) is 2.55. The fraction of sp³-hybridized carbons (Fsp3) is 0.333. The molecule has 2 rings (SSSR count). The molecule has 0 aliphatic heterocycles. The Morgan fingerprint density at radius 3 is 2.88 bits per heavy atom. The number of fused-ring (bicyclic) bond motifs is 1. The van der Waals surface area contributed by atoms with Gasteiger partial charge in [-0.3, -0.25) is 9.48 Å². The Kier molecular flexibility index (Phi) is 2.64. The van der Waals surface area contributed by atoms with Gasteiger partial charge in [-0.25, -0.2) is 0 Å². The van der Waals surface area contributed by atoms with E-state index in [4.69, 9.17) is 4.74 Å². The van der Waals surface area contributed by atoms with Gasteiger partial charge in [0.1, 0.15) is 17.6 Å². The summed E-state index contributed by atoms with van der Waals surface area (Å²) in [6, 6.07) is 3.59. The molecule has 0 amide bonds. The zero-order valence-corrected chi connectivity index (χ0v) is 9.65. The molecule has 1 aromatic heterocycles. The number of carbonyl (C=O) groups is 1. The first-order valence-corrected chi connectivity index (χ1v) is 5.22. The van der Waals surface area contributed by atoms with E-state index < -0.39 is 0 Å². The van der Waals surface area contributed by atoms with E-state index in [1.807, 2.05) is 27.0 Å². The van der Waals surface area contributed by atoms with Crippen molar-refractivity contribution in [2.45, 2.75) is 13.8 Å². The summed E-state index contributed by atoms with van der Waals surface area (Å²) in [6.07, 6.45) is 0.828. The lowest BCUT2D eigenvalue weighted by atomic mass is 10.1. The fourth-order valence-corrected chi connectivity index (χ4v) is 1.90. The molecule has 4 heteroatoms. The Balaban J connectivity index is 2.78. The molecule has 0 radical (unpaired) electrons. The number of aldehydes is 1. The molecule has 0 aliphatic rings. The second kappa shape index (κ2) is 3.96. The Morgan fingerprint density at radius 1 is 1.50 bits per heavy atom. The van der Waals surface area contributed by atoms with Crippen molar-refractivity contribution in [3.63, 3.8) is 0 Å². The van der Waals surface area contributed by atoms with E-state index in [1.165, 1.54) is 0 Å². The van der Waals surface area contributed by atoms with Crippen molar-refractivity contribution < 1.29 is 9.53 Å². The molecule has 0 saturated heterocycles. The molecule has 0 N–H and O–H groups in total. The SMILES string of the molecule is CCOc1cc(C=O)cc2c(C)nn(C)c12. The first-order valence-electron chi connectivity index (χ1n) is 5.22. The summed E-state index contributed by atoms with van der Waals surface area (Å²) in [5.74, 6) is 0.713. The topological polar surface area (TPSA) is 44.1 Å². The molecular weight excluding hydrogens is 204 g/mol. The van der Waals surface area contributed by atoms with Crippen molar-refractivity contribution in [2.24, 2.45) is 7.05 Å². The van der Waals surface area contributed by atoms with Crippen molar-refractivity contribution in [2.75, 3.05) is 6.61 Å². The van der Waals surface area contributed by atoms with E-state index in [9.17, 15) is 4.79 Å². The van der Waals surface area contributed by atoms with Gasteiger partial charge in [-0.1, -0.05) is 0 Å². The molecule has 1 heterocycles. The molecule has 0 aliphatic carbocycles. The molecule has 84 valence electrons. The highest BCUT2D eigenvalue weighted by molar-refractivity contribution is 5.93.